The molecule has 6 nitrogen and oxygen atoms in total. The van der Waals surface area contributed by atoms with Crippen LogP contribution in [0.5, 0.6) is 0 Å². The van der Waals surface area contributed by atoms with E-state index < -0.39 is 6.10 Å². The van der Waals surface area contributed by atoms with Crippen LogP contribution >= 0.6 is 0 Å². The summed E-state index contributed by atoms with van der Waals surface area (Å²) in [6.07, 6.45) is 83.3. The number of hydrogen-bond donors (Lipinski definition) is 0. The molecule has 0 aliphatic carbocycles. The van der Waals surface area contributed by atoms with Crippen molar-refractivity contribution in [2.75, 3.05) is 13.2 Å². The first kappa shape index (κ1) is 71.6. The van der Waals surface area contributed by atoms with Crippen molar-refractivity contribution in [2.24, 2.45) is 0 Å². The van der Waals surface area contributed by atoms with E-state index in [1.54, 1.807) is 0 Å². The lowest BCUT2D eigenvalue weighted by Crippen LogP contribution is -2.30. The molecule has 0 aromatic heterocycles. The fourth-order valence-electron chi connectivity index (χ4n) is 9.09. The van der Waals surface area contributed by atoms with Gasteiger partial charge in [-0.25, -0.2) is 0 Å². The van der Waals surface area contributed by atoms with E-state index in [4.69, 9.17) is 14.2 Å². The van der Waals surface area contributed by atoms with E-state index in [9.17, 15) is 14.4 Å². The third-order valence-corrected chi connectivity index (χ3v) is 13.9. The van der Waals surface area contributed by atoms with Crippen LogP contribution in [0.3, 0.4) is 0 Å². The Labute approximate surface area is 465 Å². The highest BCUT2D eigenvalue weighted by atomic mass is 16.6. The summed E-state index contributed by atoms with van der Waals surface area (Å²) < 4.78 is 16.8. The van der Waals surface area contributed by atoms with Crippen molar-refractivity contribution in [1.29, 1.82) is 0 Å². The molecule has 0 N–H and O–H groups in total. The van der Waals surface area contributed by atoms with Crippen molar-refractivity contribution in [1.82, 2.24) is 0 Å². The number of rotatable bonds is 58. The first-order valence-electron chi connectivity index (χ1n) is 32.1. The predicted molar refractivity (Wildman–Crippen MR) is 325 cm³/mol. The molecule has 0 spiro atoms. The monoisotopic (exact) mass is 1040 g/mol. The highest BCUT2D eigenvalue weighted by Crippen LogP contribution is 2.16. The number of carbonyl (C=O) groups is 3. The molecular weight excluding hydrogens is 925 g/mol. The Morgan fingerprint density at radius 3 is 0.813 bits per heavy atom. The second-order valence-electron chi connectivity index (χ2n) is 21.3. The van der Waals surface area contributed by atoms with Crippen LogP contribution in [0.2, 0.25) is 0 Å². The van der Waals surface area contributed by atoms with E-state index in [0.717, 1.165) is 103 Å². The standard InChI is InChI=1S/C69H120O6/c1-4-7-10-13-16-18-20-22-24-26-28-30-32-33-34-35-37-38-40-42-44-46-48-50-53-56-59-62-68(71)74-65-66(64-73-67(70)61-58-55-52-15-12-9-6-3)75-69(72)63-60-57-54-51-49-47-45-43-41-39-36-31-29-27-25-23-21-19-17-14-11-8-5-2/h8,11,17,19-20,22-23,25-26,28-29,31,39,41,66H,4-7,9-10,12-16,18,21,24,27,30,32-38,40,42-65H2,1-3H3/b11-8-,19-17-,22-20-,25-23-,28-26-,31-29-,41-39-. The third kappa shape index (κ3) is 61.3. The van der Waals surface area contributed by atoms with Gasteiger partial charge in [0.1, 0.15) is 13.2 Å². The van der Waals surface area contributed by atoms with Gasteiger partial charge in [0.2, 0.25) is 0 Å². The van der Waals surface area contributed by atoms with Crippen LogP contribution in [0.1, 0.15) is 316 Å². The molecule has 0 aromatic carbocycles. The summed E-state index contributed by atoms with van der Waals surface area (Å²) in [6, 6.07) is 0. The van der Waals surface area contributed by atoms with E-state index in [1.165, 1.54) is 173 Å². The van der Waals surface area contributed by atoms with Crippen molar-refractivity contribution in [3.05, 3.63) is 85.1 Å². The van der Waals surface area contributed by atoms with Gasteiger partial charge in [-0.1, -0.05) is 286 Å². The van der Waals surface area contributed by atoms with Crippen molar-refractivity contribution in [2.45, 2.75) is 322 Å². The topological polar surface area (TPSA) is 78.9 Å². The maximum Gasteiger partial charge on any atom is 0.306 e. The zero-order valence-electron chi connectivity index (χ0n) is 49.6. The zero-order valence-corrected chi connectivity index (χ0v) is 49.6. The van der Waals surface area contributed by atoms with Gasteiger partial charge in [0.15, 0.2) is 6.10 Å². The van der Waals surface area contributed by atoms with E-state index in [1.807, 2.05) is 0 Å². The number of carbonyl (C=O) groups excluding carboxylic acids is 3. The largest absolute Gasteiger partial charge is 0.462 e. The van der Waals surface area contributed by atoms with Gasteiger partial charge in [0.05, 0.1) is 0 Å². The minimum atomic E-state index is -0.780. The average Bonchev–Trinajstić information content (AvgIpc) is 3.41. The fraction of sp³-hybridized carbons (Fsp3) is 0.754. The first-order chi connectivity index (χ1) is 37.0. The summed E-state index contributed by atoms with van der Waals surface area (Å²) >= 11 is 0. The maximum absolute atomic E-state index is 12.9. The second kappa shape index (κ2) is 63.1. The Bertz CT molecular complexity index is 1430. The normalized spacial score (nSPS) is 12.6. The number of hydrogen-bond acceptors (Lipinski definition) is 6. The van der Waals surface area contributed by atoms with E-state index in [-0.39, 0.29) is 31.1 Å². The van der Waals surface area contributed by atoms with Gasteiger partial charge in [-0.3, -0.25) is 14.4 Å². The van der Waals surface area contributed by atoms with Crippen LogP contribution in [0.15, 0.2) is 85.1 Å². The molecule has 0 saturated heterocycles. The molecule has 6 heteroatoms. The molecule has 75 heavy (non-hydrogen) atoms. The quantitative estimate of drug-likeness (QED) is 0.0261. The molecule has 432 valence electrons. The molecule has 0 bridgehead atoms. The highest BCUT2D eigenvalue weighted by Gasteiger charge is 2.19. The molecule has 0 fully saturated rings. The minimum Gasteiger partial charge on any atom is -0.462 e. The Hall–Kier alpha value is -3.41. The van der Waals surface area contributed by atoms with Crippen LogP contribution in [-0.4, -0.2) is 37.2 Å². The number of esters is 3. The summed E-state index contributed by atoms with van der Waals surface area (Å²) in [5, 5.41) is 0. The summed E-state index contributed by atoms with van der Waals surface area (Å²) in [6.45, 7) is 6.49. The summed E-state index contributed by atoms with van der Waals surface area (Å²) in [5.41, 5.74) is 0. The predicted octanol–water partition coefficient (Wildman–Crippen LogP) is 21.9. The van der Waals surface area contributed by atoms with Crippen molar-refractivity contribution in [3.63, 3.8) is 0 Å². The molecule has 0 aliphatic rings. The van der Waals surface area contributed by atoms with E-state index in [0.29, 0.717) is 19.3 Å². The second-order valence-corrected chi connectivity index (χ2v) is 21.3. The zero-order chi connectivity index (χ0) is 54.3. The van der Waals surface area contributed by atoms with Crippen molar-refractivity contribution < 1.29 is 28.6 Å². The Kier molecular flexibility index (Phi) is 60.3. The Balaban J connectivity index is 4.13. The van der Waals surface area contributed by atoms with Gasteiger partial charge in [0, 0.05) is 19.3 Å². The average molecular weight is 1050 g/mol. The van der Waals surface area contributed by atoms with Crippen LogP contribution in [0.25, 0.3) is 0 Å². The lowest BCUT2D eigenvalue weighted by Gasteiger charge is -2.18. The summed E-state index contributed by atoms with van der Waals surface area (Å²) in [5.74, 6) is -0.886. The molecule has 0 rings (SSSR count). The van der Waals surface area contributed by atoms with Gasteiger partial charge in [-0.15, -0.1) is 0 Å². The molecule has 0 aliphatic heterocycles. The van der Waals surface area contributed by atoms with Crippen LogP contribution in [-0.2, 0) is 28.6 Å². The van der Waals surface area contributed by atoms with Gasteiger partial charge < -0.3 is 14.2 Å². The lowest BCUT2D eigenvalue weighted by molar-refractivity contribution is -0.167. The van der Waals surface area contributed by atoms with Crippen LogP contribution < -0.4 is 0 Å². The Morgan fingerprint density at radius 1 is 0.280 bits per heavy atom. The van der Waals surface area contributed by atoms with Gasteiger partial charge in [-0.05, 0) is 96.3 Å². The fourth-order valence-corrected chi connectivity index (χ4v) is 9.09. The molecule has 0 heterocycles. The summed E-state index contributed by atoms with van der Waals surface area (Å²) in [4.78, 5) is 38.1. The van der Waals surface area contributed by atoms with E-state index in [2.05, 4.69) is 106 Å². The maximum atomic E-state index is 12.9. The van der Waals surface area contributed by atoms with Crippen LogP contribution in [0, 0.1) is 0 Å². The van der Waals surface area contributed by atoms with Gasteiger partial charge in [0.25, 0.3) is 0 Å². The number of unbranched alkanes of at least 4 members (excludes halogenated alkanes) is 33. The molecule has 1 atom stereocenters. The lowest BCUT2D eigenvalue weighted by atomic mass is 10.0. The Morgan fingerprint density at radius 2 is 0.520 bits per heavy atom. The minimum absolute atomic E-state index is 0.0788. The third-order valence-electron chi connectivity index (χ3n) is 13.9. The van der Waals surface area contributed by atoms with Gasteiger partial charge in [-0.2, -0.15) is 0 Å². The number of ether oxygens (including phenoxy) is 3. The molecule has 0 saturated carbocycles. The molecule has 0 amide bonds. The van der Waals surface area contributed by atoms with Gasteiger partial charge >= 0.3 is 17.9 Å². The SMILES string of the molecule is CC/C=C\C/C=C\C/C=C\C/C=C\C/C=C\CCCCCCCCCC(=O)OC(COC(=O)CCCCCCCCC)COC(=O)CCCCCCCCCCCCCCCCC/C=C\C/C=C\CCCCCCC. The molecule has 0 radical (unpaired) electrons. The van der Waals surface area contributed by atoms with Crippen molar-refractivity contribution >= 4 is 17.9 Å². The summed E-state index contributed by atoms with van der Waals surface area (Å²) in [7, 11) is 0. The first-order valence-corrected chi connectivity index (χ1v) is 32.1. The highest BCUT2D eigenvalue weighted by molar-refractivity contribution is 5.71. The van der Waals surface area contributed by atoms with Crippen molar-refractivity contribution in [3.8, 4) is 0 Å². The molecular formula is C69H120O6. The van der Waals surface area contributed by atoms with Crippen LogP contribution in [0.4, 0.5) is 0 Å². The smallest absolute Gasteiger partial charge is 0.306 e. The molecule has 1 unspecified atom stereocenters. The number of allylic oxidation sites excluding steroid dienone is 14. The molecule has 0 aromatic rings. The van der Waals surface area contributed by atoms with E-state index >= 15 is 0 Å².